The van der Waals surface area contributed by atoms with Crippen LogP contribution in [0.2, 0.25) is 0 Å². The second-order valence-electron chi connectivity index (χ2n) is 3.87. The van der Waals surface area contributed by atoms with Gasteiger partial charge >= 0.3 is 0 Å². The van der Waals surface area contributed by atoms with Crippen LogP contribution < -0.4 is 0 Å². The zero-order valence-electron chi connectivity index (χ0n) is 7.90. The number of hydrogen-bond donors (Lipinski definition) is 2. The van der Waals surface area contributed by atoms with Gasteiger partial charge < -0.3 is 14.9 Å². The second kappa shape index (κ2) is 3.73. The smallest absolute Gasteiger partial charge is 0.107 e. The maximum Gasteiger partial charge on any atom is 0.107 e. The zero-order chi connectivity index (χ0) is 9.30. The van der Waals surface area contributed by atoms with Gasteiger partial charge in [0, 0.05) is 5.92 Å². The molecule has 72 valence electrons. The molecule has 0 radical (unpaired) electrons. The van der Waals surface area contributed by atoms with Crippen molar-refractivity contribution in [1.29, 1.82) is 0 Å². The highest BCUT2D eigenvalue weighted by Gasteiger charge is 2.42. The van der Waals surface area contributed by atoms with Crippen molar-refractivity contribution < 1.29 is 14.9 Å². The molecule has 0 bridgehead atoms. The van der Waals surface area contributed by atoms with E-state index in [9.17, 15) is 5.11 Å². The summed E-state index contributed by atoms with van der Waals surface area (Å²) in [5.41, 5.74) is 0. The third-order valence-corrected chi connectivity index (χ3v) is 2.66. The fourth-order valence-electron chi connectivity index (χ4n) is 2.06. The van der Waals surface area contributed by atoms with Gasteiger partial charge in [-0.15, -0.1) is 0 Å². The lowest BCUT2D eigenvalue weighted by Gasteiger charge is -2.21. The lowest BCUT2D eigenvalue weighted by atomic mass is 9.86. The minimum Gasteiger partial charge on any atom is -0.394 e. The molecule has 4 atom stereocenters. The molecule has 1 heterocycles. The van der Waals surface area contributed by atoms with E-state index in [1.807, 2.05) is 6.92 Å². The third kappa shape index (κ3) is 1.63. The first-order valence-corrected chi connectivity index (χ1v) is 4.52. The third-order valence-electron chi connectivity index (χ3n) is 2.66. The Morgan fingerprint density at radius 3 is 2.25 bits per heavy atom. The van der Waals surface area contributed by atoms with E-state index >= 15 is 0 Å². The van der Waals surface area contributed by atoms with E-state index < -0.39 is 6.10 Å². The van der Waals surface area contributed by atoms with Gasteiger partial charge in [-0.2, -0.15) is 0 Å². The van der Waals surface area contributed by atoms with Crippen LogP contribution in [0.4, 0.5) is 0 Å². The molecule has 1 unspecified atom stereocenters. The number of rotatable bonds is 2. The number of aliphatic hydroxyl groups is 2. The van der Waals surface area contributed by atoms with Crippen LogP contribution in [0.5, 0.6) is 0 Å². The molecule has 3 nitrogen and oxygen atoms in total. The molecule has 3 heteroatoms. The van der Waals surface area contributed by atoms with Crippen LogP contribution >= 0.6 is 0 Å². The van der Waals surface area contributed by atoms with Crippen molar-refractivity contribution in [3.63, 3.8) is 0 Å². The Hall–Kier alpha value is -0.120. The monoisotopic (exact) mass is 174 g/mol. The molecular weight excluding hydrogens is 156 g/mol. The van der Waals surface area contributed by atoms with Gasteiger partial charge in [0.15, 0.2) is 0 Å². The molecule has 0 aromatic heterocycles. The van der Waals surface area contributed by atoms with Crippen molar-refractivity contribution in [2.24, 2.45) is 11.8 Å². The minimum absolute atomic E-state index is 0.0529. The number of aliphatic hydroxyl groups excluding tert-OH is 2. The first-order valence-electron chi connectivity index (χ1n) is 4.52. The zero-order valence-corrected chi connectivity index (χ0v) is 7.90. The second-order valence-corrected chi connectivity index (χ2v) is 3.87. The van der Waals surface area contributed by atoms with E-state index in [1.165, 1.54) is 0 Å². The van der Waals surface area contributed by atoms with E-state index in [-0.39, 0.29) is 24.7 Å². The van der Waals surface area contributed by atoms with Gasteiger partial charge in [-0.3, -0.25) is 0 Å². The van der Waals surface area contributed by atoms with Crippen LogP contribution in [0.3, 0.4) is 0 Å². The maximum absolute atomic E-state index is 9.70. The van der Waals surface area contributed by atoms with Crippen molar-refractivity contribution in [2.75, 3.05) is 6.61 Å². The Kier molecular flexibility index (Phi) is 3.09. The van der Waals surface area contributed by atoms with E-state index in [0.29, 0.717) is 5.92 Å². The summed E-state index contributed by atoms with van der Waals surface area (Å²) in [5, 5.41) is 18.6. The van der Waals surface area contributed by atoms with Crippen molar-refractivity contribution in [3.05, 3.63) is 0 Å². The Bertz CT molecular complexity index is 147. The summed E-state index contributed by atoms with van der Waals surface area (Å²) in [4.78, 5) is 0. The summed E-state index contributed by atoms with van der Waals surface area (Å²) >= 11 is 0. The highest BCUT2D eigenvalue weighted by Crippen LogP contribution is 2.32. The van der Waals surface area contributed by atoms with Crippen LogP contribution in [0.25, 0.3) is 0 Å². The summed E-state index contributed by atoms with van der Waals surface area (Å²) in [7, 11) is 0. The Morgan fingerprint density at radius 1 is 1.42 bits per heavy atom. The first kappa shape index (κ1) is 9.96. The summed E-state index contributed by atoms with van der Waals surface area (Å²) in [6.45, 7) is 5.99. The molecule has 0 amide bonds. The van der Waals surface area contributed by atoms with Crippen LogP contribution in [0, 0.1) is 11.8 Å². The van der Waals surface area contributed by atoms with E-state index in [4.69, 9.17) is 9.84 Å². The van der Waals surface area contributed by atoms with E-state index in [0.717, 1.165) is 0 Å². The first-order chi connectivity index (χ1) is 5.57. The van der Waals surface area contributed by atoms with Crippen molar-refractivity contribution in [2.45, 2.75) is 39.1 Å². The van der Waals surface area contributed by atoms with Crippen LogP contribution in [0.1, 0.15) is 20.8 Å². The molecule has 1 aliphatic rings. The average Bonchev–Trinajstić information content (AvgIpc) is 2.25. The van der Waals surface area contributed by atoms with Gasteiger partial charge in [0.2, 0.25) is 0 Å². The fourth-order valence-corrected chi connectivity index (χ4v) is 2.06. The summed E-state index contributed by atoms with van der Waals surface area (Å²) < 4.78 is 5.40. The van der Waals surface area contributed by atoms with Gasteiger partial charge in [-0.05, 0) is 12.8 Å². The minimum atomic E-state index is -0.509. The quantitative estimate of drug-likeness (QED) is 0.637. The van der Waals surface area contributed by atoms with Gasteiger partial charge in [0.05, 0.1) is 18.8 Å². The molecule has 1 rings (SSSR count). The van der Waals surface area contributed by atoms with Gasteiger partial charge in [0.25, 0.3) is 0 Å². The highest BCUT2D eigenvalue weighted by atomic mass is 16.5. The molecule has 0 spiro atoms. The van der Waals surface area contributed by atoms with Crippen LogP contribution in [0.15, 0.2) is 0 Å². The van der Waals surface area contributed by atoms with Gasteiger partial charge in [-0.25, -0.2) is 0 Å². The predicted octanol–water partition coefficient (Wildman–Crippen LogP) is 0.399. The highest BCUT2D eigenvalue weighted by molar-refractivity contribution is 4.89. The maximum atomic E-state index is 9.70. The summed E-state index contributed by atoms with van der Waals surface area (Å²) in [6, 6.07) is 0. The normalized spacial score (nSPS) is 42.5. The van der Waals surface area contributed by atoms with Crippen LogP contribution in [-0.4, -0.2) is 35.1 Å². The topological polar surface area (TPSA) is 49.7 Å². The predicted molar refractivity (Wildman–Crippen MR) is 45.8 cm³/mol. The SMILES string of the molecule is CC(C)[C@H]1C(O)[C@@H](CO)O[C@H]1C. The molecular formula is C9H18O3. The molecule has 0 aromatic rings. The van der Waals surface area contributed by atoms with Crippen molar-refractivity contribution in [3.8, 4) is 0 Å². The molecule has 2 N–H and O–H groups in total. The average molecular weight is 174 g/mol. The Morgan fingerprint density at radius 2 is 2.00 bits per heavy atom. The van der Waals surface area contributed by atoms with Crippen LogP contribution in [-0.2, 0) is 4.74 Å². The fraction of sp³-hybridized carbons (Fsp3) is 1.00. The molecule has 1 fully saturated rings. The lowest BCUT2D eigenvalue weighted by molar-refractivity contribution is -0.0171. The van der Waals surface area contributed by atoms with E-state index in [2.05, 4.69) is 13.8 Å². The number of hydrogen-bond acceptors (Lipinski definition) is 3. The largest absolute Gasteiger partial charge is 0.394 e. The molecule has 12 heavy (non-hydrogen) atoms. The molecule has 0 aliphatic carbocycles. The Balaban J connectivity index is 2.63. The van der Waals surface area contributed by atoms with Gasteiger partial charge in [-0.1, -0.05) is 13.8 Å². The van der Waals surface area contributed by atoms with Crippen molar-refractivity contribution in [1.82, 2.24) is 0 Å². The van der Waals surface area contributed by atoms with Gasteiger partial charge in [0.1, 0.15) is 6.10 Å². The lowest BCUT2D eigenvalue weighted by Crippen LogP contribution is -2.32. The van der Waals surface area contributed by atoms with E-state index in [1.54, 1.807) is 0 Å². The Labute approximate surface area is 73.4 Å². The van der Waals surface area contributed by atoms with Crippen molar-refractivity contribution >= 4 is 0 Å². The number of ether oxygens (including phenoxy) is 1. The molecule has 0 aromatic carbocycles. The molecule has 1 saturated heterocycles. The molecule has 1 aliphatic heterocycles. The molecule has 0 saturated carbocycles. The summed E-state index contributed by atoms with van der Waals surface area (Å²) in [5.74, 6) is 0.550. The summed E-state index contributed by atoms with van der Waals surface area (Å²) in [6.07, 6.45) is -0.838. The standard InChI is InChI=1S/C9H18O3/c1-5(2)8-6(3)12-7(4-10)9(8)11/h5-11H,4H2,1-3H3/t6-,7+,8+,9?/m0/s1.